The Labute approximate surface area is 183 Å². The van der Waals surface area contributed by atoms with Crippen LogP contribution in [0.1, 0.15) is 26.3 Å². The highest BCUT2D eigenvalue weighted by Gasteiger charge is 2.42. The second-order valence-electron chi connectivity index (χ2n) is 7.50. The van der Waals surface area contributed by atoms with Crippen molar-refractivity contribution in [3.63, 3.8) is 0 Å². The van der Waals surface area contributed by atoms with Gasteiger partial charge in [0.25, 0.3) is 0 Å². The van der Waals surface area contributed by atoms with E-state index in [0.29, 0.717) is 18.9 Å². The molecule has 0 aromatic heterocycles. The molecule has 0 saturated heterocycles. The van der Waals surface area contributed by atoms with Gasteiger partial charge < -0.3 is 19.4 Å². The molecule has 3 rings (SSSR count). The van der Waals surface area contributed by atoms with Crippen molar-refractivity contribution in [2.24, 2.45) is 0 Å². The van der Waals surface area contributed by atoms with Crippen LogP contribution in [0.15, 0.2) is 54.6 Å². The van der Waals surface area contributed by atoms with E-state index in [1.165, 1.54) is 17.0 Å². The minimum atomic E-state index is -5.19. The lowest BCUT2D eigenvalue weighted by molar-refractivity contribution is -0.443. The first-order valence-electron chi connectivity index (χ1n) is 9.77. The van der Waals surface area contributed by atoms with Crippen molar-refractivity contribution in [1.29, 1.82) is 0 Å². The van der Waals surface area contributed by atoms with Crippen LogP contribution in [0.3, 0.4) is 0 Å². The van der Waals surface area contributed by atoms with Crippen LogP contribution in [0.2, 0.25) is 0 Å². The number of nitrogens with zero attached hydrogens (tertiary/aromatic N) is 1. The van der Waals surface area contributed by atoms with E-state index in [0.717, 1.165) is 0 Å². The third-order valence-electron chi connectivity index (χ3n) is 5.06. The summed E-state index contributed by atoms with van der Waals surface area (Å²) in [5.74, 6) is -2.85. The second kappa shape index (κ2) is 10.4. The Kier molecular flexibility index (Phi) is 8.15. The molecule has 0 bridgehead atoms. The summed E-state index contributed by atoms with van der Waals surface area (Å²) in [7, 11) is 0. The smallest absolute Gasteiger partial charge is 0.430 e. The number of para-hydroxylation sites is 2. The van der Waals surface area contributed by atoms with Gasteiger partial charge in [-0.1, -0.05) is 36.4 Å². The lowest BCUT2D eigenvalue weighted by Gasteiger charge is -2.14. The van der Waals surface area contributed by atoms with Gasteiger partial charge in [0.2, 0.25) is 5.69 Å². The van der Waals surface area contributed by atoms with Gasteiger partial charge in [-0.3, -0.25) is 0 Å². The molecule has 1 aliphatic heterocycles. The third-order valence-corrected chi connectivity index (χ3v) is 5.06. The predicted molar refractivity (Wildman–Crippen MR) is 109 cm³/mol. The molecule has 9 heteroatoms. The standard InChI is InChI=1S/C21H24NO3.C2HF3O2/c1-16-21(2,3)18-11-7-8-12-19(18)22(16)13-14-24-15-20(23)25-17-9-5-4-6-10-17;3-2(4,5)1(6)7/h4-12H,13-15H2,1-3H3;(H,6,7)/q+1;/p-1. The molecule has 0 radical (unpaired) electrons. The van der Waals surface area contributed by atoms with Crippen LogP contribution in [0.4, 0.5) is 18.9 Å². The molecule has 2 aromatic carbocycles. The molecule has 0 saturated carbocycles. The van der Waals surface area contributed by atoms with Crippen molar-refractivity contribution < 1.29 is 41.9 Å². The molecular weight excluding hydrogens is 427 g/mol. The topological polar surface area (TPSA) is 78.7 Å². The van der Waals surface area contributed by atoms with Gasteiger partial charge in [-0.2, -0.15) is 17.7 Å². The van der Waals surface area contributed by atoms with E-state index in [4.69, 9.17) is 19.4 Å². The number of halogens is 3. The fourth-order valence-corrected chi connectivity index (χ4v) is 3.20. The number of carbonyl (C=O) groups excluding carboxylic acids is 2. The maximum Gasteiger partial charge on any atom is 0.430 e. The Balaban J connectivity index is 0.000000451. The molecule has 1 aliphatic rings. The summed E-state index contributed by atoms with van der Waals surface area (Å²) in [6.45, 7) is 7.76. The van der Waals surface area contributed by atoms with Crippen molar-refractivity contribution in [2.45, 2.75) is 32.4 Å². The molecule has 0 aliphatic carbocycles. The fourth-order valence-electron chi connectivity index (χ4n) is 3.20. The maximum absolute atomic E-state index is 11.8. The molecule has 1 heterocycles. The first-order chi connectivity index (χ1) is 14.9. The van der Waals surface area contributed by atoms with Crippen molar-refractivity contribution in [2.75, 3.05) is 19.8 Å². The monoisotopic (exact) mass is 451 g/mol. The summed E-state index contributed by atoms with van der Waals surface area (Å²) >= 11 is 0. The molecule has 0 atom stereocenters. The number of hydrogen-bond acceptors (Lipinski definition) is 5. The maximum atomic E-state index is 11.8. The zero-order chi connectivity index (χ0) is 23.9. The number of ether oxygens (including phenoxy) is 2. The van der Waals surface area contributed by atoms with Gasteiger partial charge in [0.15, 0.2) is 12.3 Å². The average Bonchev–Trinajstić information content (AvgIpc) is 2.92. The van der Waals surface area contributed by atoms with E-state index < -0.39 is 12.1 Å². The number of benzene rings is 2. The molecule has 0 N–H and O–H groups in total. The summed E-state index contributed by atoms with van der Waals surface area (Å²) < 4.78 is 44.6. The van der Waals surface area contributed by atoms with Gasteiger partial charge in [-0.25, -0.2) is 4.79 Å². The Hall–Kier alpha value is -3.20. The lowest BCUT2D eigenvalue weighted by Crippen LogP contribution is -2.37. The zero-order valence-corrected chi connectivity index (χ0v) is 17.9. The van der Waals surface area contributed by atoms with Gasteiger partial charge >= 0.3 is 12.1 Å². The molecule has 172 valence electrons. The summed E-state index contributed by atoms with van der Waals surface area (Å²) in [5, 5.41) is 8.78. The number of carbonyl (C=O) groups is 2. The summed E-state index contributed by atoms with van der Waals surface area (Å²) in [6.07, 6.45) is -5.19. The van der Waals surface area contributed by atoms with Crippen LogP contribution >= 0.6 is 0 Å². The Bertz CT molecular complexity index is 985. The molecule has 0 amide bonds. The highest BCUT2D eigenvalue weighted by atomic mass is 19.4. The average molecular weight is 451 g/mol. The zero-order valence-electron chi connectivity index (χ0n) is 17.9. The van der Waals surface area contributed by atoms with E-state index >= 15 is 0 Å². The van der Waals surface area contributed by atoms with Crippen LogP contribution < -0.4 is 9.84 Å². The number of aliphatic carboxylic acids is 1. The van der Waals surface area contributed by atoms with E-state index in [1.54, 1.807) is 12.1 Å². The summed E-state index contributed by atoms with van der Waals surface area (Å²) in [4.78, 5) is 20.6. The van der Waals surface area contributed by atoms with E-state index in [1.807, 2.05) is 18.2 Å². The minimum Gasteiger partial charge on any atom is -0.542 e. The lowest BCUT2D eigenvalue weighted by atomic mass is 9.82. The van der Waals surface area contributed by atoms with Crippen molar-refractivity contribution in [3.05, 3.63) is 60.2 Å². The number of alkyl halides is 3. The van der Waals surface area contributed by atoms with E-state index in [9.17, 15) is 18.0 Å². The molecule has 0 unspecified atom stereocenters. The van der Waals surface area contributed by atoms with Gasteiger partial charge in [-0.05, 0) is 26.0 Å². The molecule has 0 spiro atoms. The first kappa shape index (κ1) is 25.1. The quantitative estimate of drug-likeness (QED) is 0.292. The Morgan fingerprint density at radius 3 is 2.19 bits per heavy atom. The highest BCUT2D eigenvalue weighted by Crippen LogP contribution is 2.38. The van der Waals surface area contributed by atoms with Crippen LogP contribution in [-0.2, 0) is 19.7 Å². The third kappa shape index (κ3) is 6.40. The largest absolute Gasteiger partial charge is 0.542 e. The number of rotatable bonds is 6. The number of esters is 1. The summed E-state index contributed by atoms with van der Waals surface area (Å²) in [5.41, 5.74) is 3.86. The molecular formula is C23H24F3NO5. The van der Waals surface area contributed by atoms with Crippen LogP contribution in [-0.4, -0.2) is 48.2 Å². The van der Waals surface area contributed by atoms with Gasteiger partial charge in [0, 0.05) is 18.6 Å². The summed E-state index contributed by atoms with van der Waals surface area (Å²) in [6, 6.07) is 17.5. The number of carboxylic acids is 1. The Morgan fingerprint density at radius 2 is 1.59 bits per heavy atom. The number of hydrogen-bond donors (Lipinski definition) is 0. The van der Waals surface area contributed by atoms with E-state index in [-0.39, 0.29) is 18.0 Å². The SMILES string of the molecule is CC1=[N+](CCOCC(=O)Oc2ccccc2)c2ccccc2C1(C)C.O=C([O-])C(F)(F)F. The van der Waals surface area contributed by atoms with Crippen molar-refractivity contribution in [3.8, 4) is 5.75 Å². The van der Waals surface area contributed by atoms with Crippen LogP contribution in [0, 0.1) is 0 Å². The number of carboxylic acid groups (broad SMARTS) is 1. The Morgan fingerprint density at radius 1 is 1.03 bits per heavy atom. The van der Waals surface area contributed by atoms with Crippen molar-refractivity contribution >= 4 is 23.3 Å². The van der Waals surface area contributed by atoms with E-state index in [2.05, 4.69) is 49.6 Å². The minimum absolute atomic E-state index is 0.0167. The molecule has 6 nitrogen and oxygen atoms in total. The molecule has 2 aromatic rings. The molecule has 32 heavy (non-hydrogen) atoms. The van der Waals surface area contributed by atoms with Crippen LogP contribution in [0.25, 0.3) is 0 Å². The normalized spacial score (nSPS) is 14.3. The molecule has 0 fully saturated rings. The van der Waals surface area contributed by atoms with Gasteiger partial charge in [0.1, 0.15) is 24.9 Å². The second-order valence-corrected chi connectivity index (χ2v) is 7.50. The fraction of sp³-hybridized carbons (Fsp3) is 0.348. The van der Waals surface area contributed by atoms with Crippen molar-refractivity contribution in [1.82, 2.24) is 0 Å². The highest BCUT2D eigenvalue weighted by molar-refractivity contribution is 5.93. The first-order valence-corrected chi connectivity index (χ1v) is 9.77. The van der Waals surface area contributed by atoms with Gasteiger partial charge in [-0.15, -0.1) is 0 Å². The van der Waals surface area contributed by atoms with Crippen LogP contribution in [0.5, 0.6) is 5.75 Å². The predicted octanol–water partition coefficient (Wildman–Crippen LogP) is 3.00. The number of fused-ring (bicyclic) bond motifs is 1. The van der Waals surface area contributed by atoms with Gasteiger partial charge in [0.05, 0.1) is 5.41 Å².